The number of nitrogens with zero attached hydrogens (tertiary/aromatic N) is 1. The highest BCUT2D eigenvalue weighted by molar-refractivity contribution is 7.80. The number of hydrogen-bond donors (Lipinski definition) is 2. The molecule has 0 spiro atoms. The lowest BCUT2D eigenvalue weighted by Gasteiger charge is -2.11. The van der Waals surface area contributed by atoms with Crippen molar-refractivity contribution in [3.05, 3.63) is 82.9 Å². The van der Waals surface area contributed by atoms with Crippen molar-refractivity contribution < 1.29 is 9.21 Å². The van der Waals surface area contributed by atoms with E-state index in [1.165, 1.54) is 5.56 Å². The summed E-state index contributed by atoms with van der Waals surface area (Å²) >= 11 is 11.7. The summed E-state index contributed by atoms with van der Waals surface area (Å²) in [5, 5.41) is 6.39. The highest BCUT2D eigenvalue weighted by Gasteiger charge is 2.14. The zero-order chi connectivity index (χ0) is 22.0. The molecule has 156 valence electrons. The molecule has 4 rings (SSSR count). The van der Waals surface area contributed by atoms with Gasteiger partial charge in [-0.2, -0.15) is 0 Å². The van der Waals surface area contributed by atoms with Crippen LogP contribution in [-0.2, 0) is 0 Å². The lowest BCUT2D eigenvalue weighted by molar-refractivity contribution is 0.0977. The fourth-order valence-corrected chi connectivity index (χ4v) is 3.52. The molecule has 0 aliphatic heterocycles. The Hall–Kier alpha value is -3.22. The van der Waals surface area contributed by atoms with Crippen LogP contribution in [-0.4, -0.2) is 16.0 Å². The number of carbonyl (C=O) groups excluding carboxylic acids is 1. The summed E-state index contributed by atoms with van der Waals surface area (Å²) in [5.41, 5.74) is 4.42. The van der Waals surface area contributed by atoms with Gasteiger partial charge in [0.05, 0.1) is 10.6 Å². The minimum atomic E-state index is -0.277. The van der Waals surface area contributed by atoms with Crippen LogP contribution >= 0.6 is 23.8 Å². The molecule has 1 aromatic heterocycles. The van der Waals surface area contributed by atoms with E-state index in [9.17, 15) is 4.79 Å². The summed E-state index contributed by atoms with van der Waals surface area (Å²) in [4.78, 5) is 17.0. The molecule has 0 fully saturated rings. The molecule has 2 N–H and O–H groups in total. The summed E-state index contributed by atoms with van der Waals surface area (Å²) in [6.45, 7) is 4.21. The number of halogens is 1. The van der Waals surface area contributed by atoms with Gasteiger partial charge in [0.1, 0.15) is 5.52 Å². The van der Waals surface area contributed by atoms with Crippen LogP contribution < -0.4 is 10.6 Å². The zero-order valence-corrected chi connectivity index (χ0v) is 18.6. The van der Waals surface area contributed by atoms with Crippen molar-refractivity contribution in [2.75, 3.05) is 5.32 Å². The van der Waals surface area contributed by atoms with Crippen molar-refractivity contribution in [2.24, 2.45) is 0 Å². The molecule has 0 aliphatic carbocycles. The normalized spacial score (nSPS) is 11.0. The number of anilines is 1. The van der Waals surface area contributed by atoms with Crippen LogP contribution in [0.2, 0.25) is 5.02 Å². The second kappa shape index (κ2) is 8.88. The van der Waals surface area contributed by atoms with Crippen LogP contribution in [0.25, 0.3) is 22.6 Å². The topological polar surface area (TPSA) is 67.2 Å². The van der Waals surface area contributed by atoms with Gasteiger partial charge in [-0.15, -0.1) is 0 Å². The van der Waals surface area contributed by atoms with E-state index in [0.29, 0.717) is 39.2 Å². The molecule has 5 nitrogen and oxygen atoms in total. The number of carbonyl (C=O) groups is 1. The Kier molecular flexibility index (Phi) is 6.02. The predicted octanol–water partition coefficient (Wildman–Crippen LogP) is 6.40. The SMILES string of the molecule is CC(C)c1ccc(C(=O)NC(=S)Nc2ccc(Cl)c(-c3nc4ccccc4o3)c2)cc1. The van der Waals surface area contributed by atoms with E-state index in [2.05, 4.69) is 29.5 Å². The summed E-state index contributed by atoms with van der Waals surface area (Å²) in [6, 6.07) is 20.2. The van der Waals surface area contributed by atoms with E-state index >= 15 is 0 Å². The summed E-state index contributed by atoms with van der Waals surface area (Å²) < 4.78 is 5.82. The second-order valence-corrected chi connectivity index (χ2v) is 8.18. The Morgan fingerprint density at radius 2 is 1.81 bits per heavy atom. The highest BCUT2D eigenvalue weighted by Crippen LogP contribution is 2.32. The molecule has 3 aromatic carbocycles. The smallest absolute Gasteiger partial charge is 0.257 e. The van der Waals surface area contributed by atoms with Gasteiger partial charge in [0.2, 0.25) is 5.89 Å². The van der Waals surface area contributed by atoms with Crippen LogP contribution in [0, 0.1) is 0 Å². The number of fused-ring (bicyclic) bond motifs is 1. The van der Waals surface area contributed by atoms with Crippen LogP contribution in [0.4, 0.5) is 5.69 Å². The maximum Gasteiger partial charge on any atom is 0.257 e. The molecule has 1 heterocycles. The quantitative estimate of drug-likeness (QED) is 0.353. The number of rotatable bonds is 4. The van der Waals surface area contributed by atoms with E-state index < -0.39 is 0 Å². The van der Waals surface area contributed by atoms with Gasteiger partial charge < -0.3 is 9.73 Å². The molecule has 31 heavy (non-hydrogen) atoms. The molecule has 0 saturated carbocycles. The van der Waals surface area contributed by atoms with Gasteiger partial charge in [-0.3, -0.25) is 10.1 Å². The van der Waals surface area contributed by atoms with Crippen LogP contribution in [0.5, 0.6) is 0 Å². The lowest BCUT2D eigenvalue weighted by atomic mass is 10.0. The standard InChI is InChI=1S/C24H20ClN3O2S/c1-14(2)15-7-9-16(10-8-15)22(29)28-24(31)26-17-11-12-19(25)18(13-17)23-27-20-5-3-4-6-21(20)30-23/h3-14H,1-2H3,(H2,26,28,29,31). The third-order valence-electron chi connectivity index (χ3n) is 4.82. The van der Waals surface area contributed by atoms with Crippen LogP contribution in [0.3, 0.4) is 0 Å². The second-order valence-electron chi connectivity index (χ2n) is 7.37. The van der Waals surface area contributed by atoms with Crippen molar-refractivity contribution in [1.29, 1.82) is 0 Å². The first-order valence-corrected chi connectivity index (χ1v) is 10.6. The molecule has 0 bridgehead atoms. The number of amides is 1. The molecule has 4 aromatic rings. The zero-order valence-electron chi connectivity index (χ0n) is 17.0. The van der Waals surface area contributed by atoms with Gasteiger partial charge >= 0.3 is 0 Å². The number of hydrogen-bond acceptors (Lipinski definition) is 4. The average molecular weight is 450 g/mol. The maximum atomic E-state index is 12.5. The van der Waals surface area contributed by atoms with Crippen molar-refractivity contribution in [3.63, 3.8) is 0 Å². The first-order valence-electron chi connectivity index (χ1n) is 9.78. The van der Waals surface area contributed by atoms with Crippen molar-refractivity contribution in [2.45, 2.75) is 19.8 Å². The van der Waals surface area contributed by atoms with E-state index in [1.54, 1.807) is 30.3 Å². The Bertz CT molecular complexity index is 1230. The molecule has 0 saturated heterocycles. The van der Waals surface area contributed by atoms with Gasteiger partial charge in [0.15, 0.2) is 10.7 Å². The first kappa shape index (κ1) is 21.0. The van der Waals surface area contributed by atoms with Gasteiger partial charge in [-0.05, 0) is 66.2 Å². The van der Waals surface area contributed by atoms with Crippen molar-refractivity contribution in [1.82, 2.24) is 10.3 Å². The highest BCUT2D eigenvalue weighted by atomic mass is 35.5. The van der Waals surface area contributed by atoms with E-state index in [-0.39, 0.29) is 11.0 Å². The van der Waals surface area contributed by atoms with Crippen molar-refractivity contribution >= 4 is 51.6 Å². The van der Waals surface area contributed by atoms with Gasteiger partial charge in [0.25, 0.3) is 5.91 Å². The molecule has 0 atom stereocenters. The molecule has 0 unspecified atom stereocenters. The van der Waals surface area contributed by atoms with Crippen LogP contribution in [0.15, 0.2) is 71.1 Å². The third-order valence-corrected chi connectivity index (χ3v) is 5.35. The maximum absolute atomic E-state index is 12.5. The van der Waals surface area contributed by atoms with E-state index in [0.717, 1.165) is 5.52 Å². The Balaban J connectivity index is 1.48. The van der Waals surface area contributed by atoms with Crippen molar-refractivity contribution in [3.8, 4) is 11.5 Å². The summed E-state index contributed by atoms with van der Waals surface area (Å²) in [6.07, 6.45) is 0. The first-order chi connectivity index (χ1) is 14.9. The molecular formula is C24H20ClN3O2S. The minimum Gasteiger partial charge on any atom is -0.436 e. The fraction of sp³-hybridized carbons (Fsp3) is 0.125. The summed E-state index contributed by atoms with van der Waals surface area (Å²) in [7, 11) is 0. The average Bonchev–Trinajstić information content (AvgIpc) is 3.19. The Morgan fingerprint density at radius 3 is 2.52 bits per heavy atom. The van der Waals surface area contributed by atoms with Gasteiger partial charge in [0, 0.05) is 11.3 Å². The van der Waals surface area contributed by atoms with E-state index in [4.69, 9.17) is 28.2 Å². The number of aromatic nitrogens is 1. The molecule has 0 aliphatic rings. The monoisotopic (exact) mass is 449 g/mol. The fourth-order valence-electron chi connectivity index (χ4n) is 3.11. The molecule has 0 radical (unpaired) electrons. The molecule has 1 amide bonds. The lowest BCUT2D eigenvalue weighted by Crippen LogP contribution is -2.34. The molecule has 7 heteroatoms. The number of thiocarbonyl (C=S) groups is 1. The molecular weight excluding hydrogens is 430 g/mol. The largest absolute Gasteiger partial charge is 0.436 e. The number of benzene rings is 3. The summed E-state index contributed by atoms with van der Waals surface area (Å²) in [5.74, 6) is 0.538. The predicted molar refractivity (Wildman–Crippen MR) is 129 cm³/mol. The van der Waals surface area contributed by atoms with Crippen LogP contribution in [0.1, 0.15) is 35.7 Å². The third kappa shape index (κ3) is 4.76. The minimum absolute atomic E-state index is 0.184. The van der Waals surface area contributed by atoms with E-state index in [1.807, 2.05) is 36.4 Å². The number of para-hydroxylation sites is 2. The Labute approximate surface area is 190 Å². The number of nitrogens with one attached hydrogen (secondary N) is 2. The van der Waals surface area contributed by atoms with Gasteiger partial charge in [-0.25, -0.2) is 4.98 Å². The van der Waals surface area contributed by atoms with Gasteiger partial charge in [-0.1, -0.05) is 49.7 Å². The Morgan fingerprint density at radius 1 is 1.06 bits per heavy atom. The number of oxazole rings is 1.